The van der Waals surface area contributed by atoms with E-state index >= 15 is 0 Å². The number of rotatable bonds is 10. The second kappa shape index (κ2) is 10.4. The molecular formula is C13H23N5O4. The molecule has 9 heteroatoms. The number of carbonyl (C=O) groups is 3. The quantitative estimate of drug-likeness (QED) is 0.241. The van der Waals surface area contributed by atoms with E-state index in [-0.39, 0.29) is 18.2 Å². The van der Waals surface area contributed by atoms with Gasteiger partial charge in [0.25, 0.3) is 0 Å². The highest BCUT2D eigenvalue weighted by Crippen LogP contribution is 2.04. The molecule has 0 spiro atoms. The number of hydrogen-bond acceptors (Lipinski definition) is 4. The number of aliphatic carboxylic acids is 1. The maximum atomic E-state index is 12.0. The van der Waals surface area contributed by atoms with Gasteiger partial charge in [-0.25, -0.2) is 0 Å². The van der Waals surface area contributed by atoms with E-state index in [2.05, 4.69) is 20.7 Å². The van der Waals surface area contributed by atoms with Crippen LogP contribution in [-0.2, 0) is 14.4 Å². The molecule has 0 saturated heterocycles. The van der Waals surface area contributed by atoms with Crippen LogP contribution in [0.5, 0.6) is 0 Å². The molecule has 0 fully saturated rings. The number of hydrogen-bond donors (Lipinski definition) is 3. The Morgan fingerprint density at radius 2 is 1.82 bits per heavy atom. The Morgan fingerprint density at radius 3 is 2.32 bits per heavy atom. The molecule has 0 aliphatic carbocycles. The van der Waals surface area contributed by atoms with Crippen LogP contribution in [0.25, 0.3) is 10.4 Å². The van der Waals surface area contributed by atoms with Crippen molar-refractivity contribution in [1.82, 2.24) is 10.6 Å². The molecule has 22 heavy (non-hydrogen) atoms. The summed E-state index contributed by atoms with van der Waals surface area (Å²) in [5.41, 5.74) is 8.12. The summed E-state index contributed by atoms with van der Waals surface area (Å²) < 4.78 is 0. The Kier molecular flexibility index (Phi) is 9.36. The first kappa shape index (κ1) is 19.7. The highest BCUT2D eigenvalue weighted by atomic mass is 16.4. The summed E-state index contributed by atoms with van der Waals surface area (Å²) in [7, 11) is 0. The van der Waals surface area contributed by atoms with Gasteiger partial charge in [-0.1, -0.05) is 19.0 Å². The minimum absolute atomic E-state index is 0.173. The lowest BCUT2D eigenvalue weighted by atomic mass is 10.0. The van der Waals surface area contributed by atoms with Gasteiger partial charge in [-0.3, -0.25) is 14.4 Å². The fourth-order valence-electron chi connectivity index (χ4n) is 1.66. The minimum Gasteiger partial charge on any atom is -0.480 e. The monoisotopic (exact) mass is 313 g/mol. The molecule has 0 rings (SSSR count). The van der Waals surface area contributed by atoms with Crippen LogP contribution in [-0.4, -0.2) is 41.5 Å². The molecule has 9 nitrogen and oxygen atoms in total. The summed E-state index contributed by atoms with van der Waals surface area (Å²) in [5.74, 6) is -2.13. The van der Waals surface area contributed by atoms with Crippen LogP contribution in [0.15, 0.2) is 5.11 Å². The second-order valence-corrected chi connectivity index (χ2v) is 5.27. The molecule has 3 N–H and O–H groups in total. The van der Waals surface area contributed by atoms with Crippen molar-refractivity contribution in [2.45, 2.75) is 52.1 Å². The van der Waals surface area contributed by atoms with Crippen LogP contribution < -0.4 is 10.6 Å². The zero-order chi connectivity index (χ0) is 17.1. The summed E-state index contributed by atoms with van der Waals surface area (Å²) in [5, 5.41) is 17.1. The number of carboxylic acid groups (broad SMARTS) is 1. The third-order valence-electron chi connectivity index (χ3n) is 2.97. The van der Waals surface area contributed by atoms with Gasteiger partial charge in [-0.15, -0.1) is 0 Å². The maximum absolute atomic E-state index is 12.0. The van der Waals surface area contributed by atoms with Gasteiger partial charge in [0.1, 0.15) is 12.1 Å². The van der Waals surface area contributed by atoms with E-state index in [0.29, 0.717) is 19.4 Å². The lowest BCUT2D eigenvalue weighted by Gasteiger charge is -2.23. The van der Waals surface area contributed by atoms with Crippen molar-refractivity contribution in [2.24, 2.45) is 11.0 Å². The molecule has 0 unspecified atom stereocenters. The Labute approximate surface area is 129 Å². The summed E-state index contributed by atoms with van der Waals surface area (Å²) in [6, 6.07) is -1.80. The van der Waals surface area contributed by atoms with Crippen molar-refractivity contribution in [3.05, 3.63) is 10.4 Å². The fraction of sp³-hybridized carbons (Fsp3) is 0.769. The van der Waals surface area contributed by atoms with Gasteiger partial charge in [-0.2, -0.15) is 0 Å². The number of carboxylic acids is 1. The third kappa shape index (κ3) is 8.11. The van der Waals surface area contributed by atoms with Gasteiger partial charge in [0.2, 0.25) is 11.8 Å². The molecule has 0 aliphatic heterocycles. The first-order valence-corrected chi connectivity index (χ1v) is 7.13. The van der Waals surface area contributed by atoms with Crippen LogP contribution in [0.1, 0.15) is 40.0 Å². The third-order valence-corrected chi connectivity index (χ3v) is 2.97. The summed E-state index contributed by atoms with van der Waals surface area (Å²) in [6.45, 7) is 5.21. The molecule has 0 aliphatic rings. The molecule has 0 bridgehead atoms. The summed E-state index contributed by atoms with van der Waals surface area (Å²) >= 11 is 0. The van der Waals surface area contributed by atoms with Gasteiger partial charge in [0.05, 0.1) is 0 Å². The van der Waals surface area contributed by atoms with Gasteiger partial charge in [0, 0.05) is 17.9 Å². The summed E-state index contributed by atoms with van der Waals surface area (Å²) in [4.78, 5) is 37.2. The van der Waals surface area contributed by atoms with Gasteiger partial charge in [0.15, 0.2) is 0 Å². The van der Waals surface area contributed by atoms with Crippen molar-refractivity contribution in [3.8, 4) is 0 Å². The average molecular weight is 313 g/mol. The number of unbranched alkanes of at least 4 members (excludes halogenated alkanes) is 1. The smallest absolute Gasteiger partial charge is 0.325 e. The number of amides is 2. The second-order valence-electron chi connectivity index (χ2n) is 5.27. The molecule has 0 aromatic carbocycles. The number of nitrogens with zero attached hydrogens (tertiary/aromatic N) is 3. The molecule has 0 aromatic heterocycles. The van der Waals surface area contributed by atoms with Crippen molar-refractivity contribution in [3.63, 3.8) is 0 Å². The normalized spacial score (nSPS) is 12.9. The van der Waals surface area contributed by atoms with Crippen LogP contribution in [0, 0.1) is 5.92 Å². The van der Waals surface area contributed by atoms with E-state index in [4.69, 9.17) is 10.6 Å². The predicted molar refractivity (Wildman–Crippen MR) is 79.9 cm³/mol. The van der Waals surface area contributed by atoms with E-state index in [1.165, 1.54) is 6.92 Å². The summed E-state index contributed by atoms with van der Waals surface area (Å²) in [6.07, 6.45) is 1.35. The SMILES string of the molecule is CC(C)[C@H](NC(=O)CCCCN=[N+]=[N-])C(=O)N[C@@H](C)C(=O)O. The van der Waals surface area contributed by atoms with E-state index in [9.17, 15) is 14.4 Å². The first-order valence-electron chi connectivity index (χ1n) is 7.13. The molecule has 0 heterocycles. The van der Waals surface area contributed by atoms with E-state index in [0.717, 1.165) is 0 Å². The highest BCUT2D eigenvalue weighted by Gasteiger charge is 2.26. The molecular weight excluding hydrogens is 290 g/mol. The Bertz CT molecular complexity index is 446. The molecule has 0 saturated carbocycles. The lowest BCUT2D eigenvalue weighted by molar-refractivity contribution is -0.142. The van der Waals surface area contributed by atoms with Crippen molar-refractivity contribution < 1.29 is 19.5 Å². The van der Waals surface area contributed by atoms with Crippen LogP contribution in [0.3, 0.4) is 0 Å². The molecule has 2 atom stereocenters. The largest absolute Gasteiger partial charge is 0.480 e. The Hall–Kier alpha value is -2.28. The maximum Gasteiger partial charge on any atom is 0.325 e. The average Bonchev–Trinajstić information content (AvgIpc) is 2.43. The topological polar surface area (TPSA) is 144 Å². The van der Waals surface area contributed by atoms with Crippen LogP contribution >= 0.6 is 0 Å². The Balaban J connectivity index is 4.39. The number of nitrogens with one attached hydrogen (secondary N) is 2. The fourth-order valence-corrected chi connectivity index (χ4v) is 1.66. The zero-order valence-corrected chi connectivity index (χ0v) is 13.1. The minimum atomic E-state index is -1.14. The van der Waals surface area contributed by atoms with Crippen LogP contribution in [0.2, 0.25) is 0 Å². The highest BCUT2D eigenvalue weighted by molar-refractivity contribution is 5.90. The number of azide groups is 1. The molecule has 0 aromatic rings. The zero-order valence-electron chi connectivity index (χ0n) is 13.1. The van der Waals surface area contributed by atoms with Crippen molar-refractivity contribution >= 4 is 17.8 Å². The molecule has 2 amide bonds. The van der Waals surface area contributed by atoms with Gasteiger partial charge >= 0.3 is 5.97 Å². The Morgan fingerprint density at radius 1 is 1.18 bits per heavy atom. The van der Waals surface area contributed by atoms with E-state index < -0.39 is 24.0 Å². The molecule has 0 radical (unpaired) electrons. The van der Waals surface area contributed by atoms with Crippen molar-refractivity contribution in [2.75, 3.05) is 6.54 Å². The van der Waals surface area contributed by atoms with Crippen molar-refractivity contribution in [1.29, 1.82) is 0 Å². The first-order chi connectivity index (χ1) is 10.3. The lowest BCUT2D eigenvalue weighted by Crippen LogP contribution is -2.53. The van der Waals surface area contributed by atoms with Crippen LogP contribution in [0.4, 0.5) is 0 Å². The van der Waals surface area contributed by atoms with E-state index in [1.807, 2.05) is 0 Å². The van der Waals surface area contributed by atoms with Gasteiger partial charge < -0.3 is 15.7 Å². The number of carbonyl (C=O) groups excluding carboxylic acids is 2. The predicted octanol–water partition coefficient (Wildman–Crippen LogP) is 1.20. The van der Waals surface area contributed by atoms with E-state index in [1.54, 1.807) is 13.8 Å². The van der Waals surface area contributed by atoms with Gasteiger partial charge in [-0.05, 0) is 31.2 Å². The molecule has 124 valence electrons. The standard InChI is InChI=1S/C13H23N5O4/c1-8(2)11(12(20)16-9(3)13(21)22)17-10(19)6-4-5-7-15-18-14/h8-9,11H,4-7H2,1-3H3,(H,16,20)(H,17,19)(H,21,22)/t9-,11-/m0/s1.